The summed E-state index contributed by atoms with van der Waals surface area (Å²) in [5.74, 6) is 3.85. The van der Waals surface area contributed by atoms with Crippen molar-refractivity contribution < 1.29 is 14.3 Å². The Morgan fingerprint density at radius 1 is 1.17 bits per heavy atom. The van der Waals surface area contributed by atoms with Crippen LogP contribution in [0.4, 0.5) is 5.82 Å². The lowest BCUT2D eigenvalue weighted by molar-refractivity contribution is 0.104. The number of hydrogen-bond donors (Lipinski definition) is 0. The molecule has 0 atom stereocenters. The SMILES string of the molecule is C#CCOc1ccc(C(=O)/C=C/c2cc3ccccc3nc2N2CCOCC2)cc1. The molecule has 0 amide bonds. The van der Waals surface area contributed by atoms with Crippen molar-refractivity contribution in [2.75, 3.05) is 37.8 Å². The van der Waals surface area contributed by atoms with Crippen LogP contribution in [0.2, 0.25) is 0 Å². The van der Waals surface area contributed by atoms with E-state index in [4.69, 9.17) is 20.9 Å². The van der Waals surface area contributed by atoms with Crippen molar-refractivity contribution in [1.82, 2.24) is 4.98 Å². The molecule has 2 heterocycles. The first kappa shape index (κ1) is 19.7. The van der Waals surface area contributed by atoms with Crippen molar-refractivity contribution >= 4 is 28.6 Å². The molecular formula is C25H22N2O3. The molecule has 1 aliphatic heterocycles. The Labute approximate surface area is 175 Å². The number of para-hydroxylation sites is 1. The Balaban J connectivity index is 1.60. The molecule has 0 bridgehead atoms. The van der Waals surface area contributed by atoms with Crippen LogP contribution in [0.25, 0.3) is 17.0 Å². The fraction of sp³-hybridized carbons (Fsp3) is 0.200. The molecule has 2 aromatic carbocycles. The zero-order chi connectivity index (χ0) is 20.8. The van der Waals surface area contributed by atoms with Crippen LogP contribution < -0.4 is 9.64 Å². The van der Waals surface area contributed by atoms with Gasteiger partial charge < -0.3 is 14.4 Å². The summed E-state index contributed by atoms with van der Waals surface area (Å²) in [4.78, 5) is 19.8. The van der Waals surface area contributed by atoms with E-state index in [-0.39, 0.29) is 12.4 Å². The van der Waals surface area contributed by atoms with Crippen LogP contribution in [0, 0.1) is 12.3 Å². The minimum Gasteiger partial charge on any atom is -0.481 e. The molecule has 0 saturated carbocycles. The molecule has 5 heteroatoms. The number of morpholine rings is 1. The average molecular weight is 398 g/mol. The number of ketones is 1. The molecule has 0 radical (unpaired) electrons. The van der Waals surface area contributed by atoms with Gasteiger partial charge in [0.05, 0.1) is 18.7 Å². The number of ether oxygens (including phenoxy) is 2. The van der Waals surface area contributed by atoms with E-state index in [1.165, 1.54) is 0 Å². The van der Waals surface area contributed by atoms with Gasteiger partial charge in [-0.1, -0.05) is 24.1 Å². The van der Waals surface area contributed by atoms with Gasteiger partial charge in [-0.2, -0.15) is 0 Å². The van der Waals surface area contributed by atoms with Gasteiger partial charge in [0.15, 0.2) is 5.78 Å². The molecule has 150 valence electrons. The van der Waals surface area contributed by atoms with Crippen LogP contribution >= 0.6 is 0 Å². The van der Waals surface area contributed by atoms with Gasteiger partial charge in [-0.05, 0) is 48.6 Å². The fourth-order valence-electron chi connectivity index (χ4n) is 3.38. The number of carbonyl (C=O) groups excluding carboxylic acids is 1. The average Bonchev–Trinajstić information content (AvgIpc) is 2.81. The number of pyridine rings is 1. The van der Waals surface area contributed by atoms with E-state index in [1.807, 2.05) is 30.3 Å². The summed E-state index contributed by atoms with van der Waals surface area (Å²) in [5.41, 5.74) is 2.43. The van der Waals surface area contributed by atoms with Crippen LogP contribution in [-0.4, -0.2) is 43.7 Å². The molecule has 0 spiro atoms. The quantitative estimate of drug-likeness (QED) is 0.357. The minimum absolute atomic E-state index is 0.0837. The van der Waals surface area contributed by atoms with E-state index in [0.29, 0.717) is 24.5 Å². The number of rotatable bonds is 6. The number of carbonyl (C=O) groups is 1. The predicted molar refractivity (Wildman–Crippen MR) is 119 cm³/mol. The number of fused-ring (bicyclic) bond motifs is 1. The number of hydrogen-bond acceptors (Lipinski definition) is 5. The standard InChI is InChI=1S/C25H22N2O3/c1-2-15-30-22-10-7-19(8-11-22)24(28)12-9-21-18-20-5-3-4-6-23(20)26-25(21)27-13-16-29-17-14-27/h1,3-12,18H,13-17H2/b12-9+. The summed E-state index contributed by atoms with van der Waals surface area (Å²) in [5, 5.41) is 1.04. The Bertz CT molecular complexity index is 1110. The van der Waals surface area contributed by atoms with Crippen LogP contribution in [0.3, 0.4) is 0 Å². The van der Waals surface area contributed by atoms with E-state index < -0.39 is 0 Å². The third kappa shape index (κ3) is 4.51. The Kier molecular flexibility index (Phi) is 6.07. The first-order valence-corrected chi connectivity index (χ1v) is 9.86. The van der Waals surface area contributed by atoms with Gasteiger partial charge >= 0.3 is 0 Å². The molecule has 1 aromatic heterocycles. The second-order valence-corrected chi connectivity index (χ2v) is 6.91. The van der Waals surface area contributed by atoms with Gasteiger partial charge in [0.1, 0.15) is 18.2 Å². The number of anilines is 1. The van der Waals surface area contributed by atoms with E-state index in [9.17, 15) is 4.79 Å². The molecule has 0 N–H and O–H groups in total. The number of aromatic nitrogens is 1. The second kappa shape index (κ2) is 9.25. The summed E-state index contributed by atoms with van der Waals surface area (Å²) >= 11 is 0. The second-order valence-electron chi connectivity index (χ2n) is 6.91. The predicted octanol–water partition coefficient (Wildman–Crippen LogP) is 3.98. The Hall–Kier alpha value is -3.62. The number of benzene rings is 2. The van der Waals surface area contributed by atoms with Crippen LogP contribution in [0.15, 0.2) is 60.7 Å². The highest BCUT2D eigenvalue weighted by molar-refractivity contribution is 6.07. The lowest BCUT2D eigenvalue weighted by atomic mass is 10.1. The van der Waals surface area contributed by atoms with Gasteiger partial charge in [0.25, 0.3) is 0 Å². The molecule has 4 rings (SSSR count). The summed E-state index contributed by atoms with van der Waals surface area (Å²) in [7, 11) is 0. The van der Waals surface area contributed by atoms with Crippen LogP contribution in [-0.2, 0) is 4.74 Å². The van der Waals surface area contributed by atoms with Crippen LogP contribution in [0.5, 0.6) is 5.75 Å². The fourth-order valence-corrected chi connectivity index (χ4v) is 3.38. The van der Waals surface area contributed by atoms with Crippen molar-refractivity contribution in [2.45, 2.75) is 0 Å². The van der Waals surface area contributed by atoms with Crippen molar-refractivity contribution in [3.63, 3.8) is 0 Å². The first-order chi connectivity index (χ1) is 14.7. The third-order valence-corrected chi connectivity index (χ3v) is 4.92. The molecule has 0 aliphatic carbocycles. The molecule has 0 unspecified atom stereocenters. The monoisotopic (exact) mass is 398 g/mol. The smallest absolute Gasteiger partial charge is 0.185 e. The Morgan fingerprint density at radius 2 is 1.93 bits per heavy atom. The van der Waals surface area contributed by atoms with E-state index in [1.54, 1.807) is 30.3 Å². The molecule has 1 saturated heterocycles. The van der Waals surface area contributed by atoms with Crippen molar-refractivity contribution in [3.05, 3.63) is 71.8 Å². The largest absolute Gasteiger partial charge is 0.481 e. The molecule has 1 aliphatic rings. The zero-order valence-electron chi connectivity index (χ0n) is 16.6. The van der Waals surface area contributed by atoms with Crippen LogP contribution in [0.1, 0.15) is 15.9 Å². The summed E-state index contributed by atoms with van der Waals surface area (Å²) in [6.07, 6.45) is 8.63. The van der Waals surface area contributed by atoms with E-state index in [2.05, 4.69) is 16.9 Å². The topological polar surface area (TPSA) is 51.7 Å². The maximum Gasteiger partial charge on any atom is 0.185 e. The summed E-state index contributed by atoms with van der Waals surface area (Å²) in [6, 6.07) is 17.0. The van der Waals surface area contributed by atoms with Gasteiger partial charge in [0.2, 0.25) is 0 Å². The molecule has 3 aromatic rings. The highest BCUT2D eigenvalue weighted by Gasteiger charge is 2.16. The third-order valence-electron chi connectivity index (χ3n) is 4.92. The van der Waals surface area contributed by atoms with E-state index in [0.717, 1.165) is 35.4 Å². The first-order valence-electron chi connectivity index (χ1n) is 9.86. The van der Waals surface area contributed by atoms with E-state index >= 15 is 0 Å². The zero-order valence-corrected chi connectivity index (χ0v) is 16.6. The van der Waals surface area contributed by atoms with Crippen molar-refractivity contribution in [2.24, 2.45) is 0 Å². The number of terminal acetylenes is 1. The maximum absolute atomic E-state index is 12.7. The maximum atomic E-state index is 12.7. The lowest BCUT2D eigenvalue weighted by Crippen LogP contribution is -2.37. The van der Waals surface area contributed by atoms with Gasteiger partial charge in [-0.3, -0.25) is 4.79 Å². The minimum atomic E-state index is -0.0837. The van der Waals surface area contributed by atoms with Gasteiger partial charge in [-0.15, -0.1) is 6.42 Å². The lowest BCUT2D eigenvalue weighted by Gasteiger charge is -2.29. The van der Waals surface area contributed by atoms with Gasteiger partial charge in [0, 0.05) is 29.6 Å². The molecule has 5 nitrogen and oxygen atoms in total. The normalized spacial score (nSPS) is 14.0. The number of allylic oxidation sites excluding steroid dienone is 1. The summed E-state index contributed by atoms with van der Waals surface area (Å²) < 4.78 is 10.8. The summed E-state index contributed by atoms with van der Waals surface area (Å²) in [6.45, 7) is 3.10. The Morgan fingerprint density at radius 3 is 2.70 bits per heavy atom. The van der Waals surface area contributed by atoms with Crippen molar-refractivity contribution in [1.29, 1.82) is 0 Å². The van der Waals surface area contributed by atoms with Gasteiger partial charge in [-0.25, -0.2) is 4.98 Å². The highest BCUT2D eigenvalue weighted by Crippen LogP contribution is 2.26. The van der Waals surface area contributed by atoms with Crippen molar-refractivity contribution in [3.8, 4) is 18.1 Å². The molecule has 1 fully saturated rings. The molecule has 30 heavy (non-hydrogen) atoms. The molecular weight excluding hydrogens is 376 g/mol. The highest BCUT2D eigenvalue weighted by atomic mass is 16.5. The number of nitrogens with zero attached hydrogens (tertiary/aromatic N) is 2.